The van der Waals surface area contributed by atoms with Gasteiger partial charge < -0.3 is 14.2 Å². The van der Waals surface area contributed by atoms with Crippen molar-refractivity contribution in [1.29, 1.82) is 0 Å². The molecule has 1 spiro atoms. The van der Waals surface area contributed by atoms with Crippen molar-refractivity contribution < 1.29 is 19.0 Å². The number of ether oxygens (including phenoxy) is 3. The summed E-state index contributed by atoms with van der Waals surface area (Å²) in [6, 6.07) is 0. The van der Waals surface area contributed by atoms with Crippen molar-refractivity contribution in [3.63, 3.8) is 0 Å². The molecule has 4 saturated carbocycles. The van der Waals surface area contributed by atoms with E-state index >= 15 is 0 Å². The van der Waals surface area contributed by atoms with Crippen molar-refractivity contribution in [2.75, 3.05) is 14.2 Å². The van der Waals surface area contributed by atoms with E-state index in [0.29, 0.717) is 24.0 Å². The maximum absolute atomic E-state index is 13.1. The van der Waals surface area contributed by atoms with Crippen molar-refractivity contribution >= 4 is 5.78 Å². The number of hydrogen-bond donors (Lipinski definition) is 0. The standard InChI is InChI=1S/C20H22O4/c1-22-10-3-4-11-15-12(7-10)13(21)8-19-5-6-20(23-2)14(9-19)24-18(11)17(20)16(15)19/h3-4,7,12,14,16-18H,5-6,8-9H2,1-2H3/t12?,14-,16-,17-,18-,19+,20-/m1/s1. The Bertz CT molecular complexity index is 762. The second-order valence-corrected chi connectivity index (χ2v) is 8.41. The van der Waals surface area contributed by atoms with Gasteiger partial charge in [-0.3, -0.25) is 4.79 Å². The molecule has 0 N–H and O–H groups in total. The molecule has 1 heterocycles. The highest BCUT2D eigenvalue weighted by atomic mass is 16.6. The van der Waals surface area contributed by atoms with Crippen molar-refractivity contribution in [3.05, 3.63) is 35.1 Å². The zero-order chi connectivity index (χ0) is 16.3. The maximum atomic E-state index is 13.1. The first-order chi connectivity index (χ1) is 11.6. The Labute approximate surface area is 141 Å². The third kappa shape index (κ3) is 1.25. The van der Waals surface area contributed by atoms with E-state index in [-0.39, 0.29) is 29.1 Å². The first kappa shape index (κ1) is 13.9. The minimum absolute atomic E-state index is 0.0892. The van der Waals surface area contributed by atoms with Gasteiger partial charge in [0.25, 0.3) is 0 Å². The summed E-state index contributed by atoms with van der Waals surface area (Å²) in [6.07, 6.45) is 10.2. The summed E-state index contributed by atoms with van der Waals surface area (Å²) < 4.78 is 18.2. The summed E-state index contributed by atoms with van der Waals surface area (Å²) in [7, 11) is 3.52. The Morgan fingerprint density at radius 2 is 2.12 bits per heavy atom. The summed E-state index contributed by atoms with van der Waals surface area (Å²) in [6.45, 7) is 0. The Balaban J connectivity index is 1.61. The van der Waals surface area contributed by atoms with Gasteiger partial charge in [-0.25, -0.2) is 0 Å². The molecule has 126 valence electrons. The summed E-state index contributed by atoms with van der Waals surface area (Å²) in [5.41, 5.74) is 2.52. The van der Waals surface area contributed by atoms with Gasteiger partial charge in [-0.15, -0.1) is 0 Å². The monoisotopic (exact) mass is 326 g/mol. The molecule has 0 aromatic heterocycles. The minimum Gasteiger partial charge on any atom is -0.497 e. The molecule has 5 fully saturated rings. The lowest BCUT2D eigenvalue weighted by atomic mass is 9.44. The van der Waals surface area contributed by atoms with E-state index in [2.05, 4.69) is 6.08 Å². The van der Waals surface area contributed by atoms with Crippen LogP contribution in [0.2, 0.25) is 0 Å². The van der Waals surface area contributed by atoms with Crippen LogP contribution in [0.5, 0.6) is 0 Å². The van der Waals surface area contributed by atoms with E-state index in [4.69, 9.17) is 14.2 Å². The predicted molar refractivity (Wildman–Crippen MR) is 86.0 cm³/mol. The summed E-state index contributed by atoms with van der Waals surface area (Å²) in [5.74, 6) is 1.84. The number of allylic oxidation sites excluding steroid dienone is 3. The van der Waals surface area contributed by atoms with Crippen molar-refractivity contribution in [2.45, 2.75) is 43.5 Å². The van der Waals surface area contributed by atoms with Gasteiger partial charge in [0.1, 0.15) is 17.1 Å². The molecule has 0 radical (unpaired) electrons. The van der Waals surface area contributed by atoms with Crippen LogP contribution in [0, 0.1) is 23.2 Å². The lowest BCUT2D eigenvalue weighted by molar-refractivity contribution is -0.197. The largest absolute Gasteiger partial charge is 0.497 e. The molecular weight excluding hydrogens is 304 g/mol. The third-order valence-electron chi connectivity index (χ3n) is 7.93. The van der Waals surface area contributed by atoms with Crippen molar-refractivity contribution in [3.8, 4) is 0 Å². The van der Waals surface area contributed by atoms with E-state index in [9.17, 15) is 4.79 Å². The van der Waals surface area contributed by atoms with Crippen LogP contribution >= 0.6 is 0 Å². The normalized spacial score (nSPS) is 52.7. The first-order valence-electron chi connectivity index (χ1n) is 9.05. The van der Waals surface area contributed by atoms with Crippen LogP contribution in [-0.2, 0) is 19.0 Å². The average Bonchev–Trinajstić information content (AvgIpc) is 2.94. The van der Waals surface area contributed by atoms with E-state index < -0.39 is 0 Å². The Kier molecular flexibility index (Phi) is 2.34. The van der Waals surface area contributed by atoms with Crippen LogP contribution in [0.25, 0.3) is 0 Å². The Morgan fingerprint density at radius 3 is 2.92 bits per heavy atom. The van der Waals surface area contributed by atoms with Gasteiger partial charge in [0, 0.05) is 19.4 Å². The molecular formula is C20H22O4. The zero-order valence-electron chi connectivity index (χ0n) is 14.1. The van der Waals surface area contributed by atoms with Crippen LogP contribution in [0.4, 0.5) is 0 Å². The molecule has 4 nitrogen and oxygen atoms in total. The van der Waals surface area contributed by atoms with Gasteiger partial charge in [0.15, 0.2) is 0 Å². The molecule has 7 rings (SSSR count). The molecule has 0 amide bonds. The Morgan fingerprint density at radius 1 is 1.25 bits per heavy atom. The fourth-order valence-electron chi connectivity index (χ4n) is 7.11. The fourth-order valence-corrected chi connectivity index (χ4v) is 7.11. The van der Waals surface area contributed by atoms with Crippen LogP contribution in [0.1, 0.15) is 25.7 Å². The number of methoxy groups -OCH3 is 2. The molecule has 0 aromatic carbocycles. The van der Waals surface area contributed by atoms with Gasteiger partial charge in [0.2, 0.25) is 0 Å². The zero-order valence-corrected chi connectivity index (χ0v) is 14.1. The van der Waals surface area contributed by atoms with Gasteiger partial charge in [-0.2, -0.15) is 0 Å². The van der Waals surface area contributed by atoms with Crippen LogP contribution in [0.15, 0.2) is 35.1 Å². The van der Waals surface area contributed by atoms with Crippen molar-refractivity contribution in [2.24, 2.45) is 23.2 Å². The lowest BCUT2D eigenvalue weighted by Gasteiger charge is -2.62. The molecule has 1 aliphatic heterocycles. The molecule has 4 heteroatoms. The number of rotatable bonds is 2. The second kappa shape index (κ2) is 4.05. The second-order valence-electron chi connectivity index (χ2n) is 8.41. The lowest BCUT2D eigenvalue weighted by Crippen LogP contribution is -2.65. The quantitative estimate of drug-likeness (QED) is 0.782. The van der Waals surface area contributed by atoms with Gasteiger partial charge in [-0.1, -0.05) is 6.08 Å². The topological polar surface area (TPSA) is 44.8 Å². The highest BCUT2D eigenvalue weighted by Crippen LogP contribution is 2.74. The number of hydrogen-bond acceptors (Lipinski definition) is 4. The number of ketones is 1. The Hall–Kier alpha value is -1.39. The molecule has 6 aliphatic carbocycles. The molecule has 1 saturated heterocycles. The summed E-state index contributed by atoms with van der Waals surface area (Å²) in [5, 5.41) is 0. The average molecular weight is 326 g/mol. The fraction of sp³-hybridized carbons (Fsp3) is 0.650. The molecule has 4 bridgehead atoms. The molecule has 7 aliphatic rings. The highest BCUT2D eigenvalue weighted by Gasteiger charge is 2.76. The number of fused-ring (bicyclic) bond motifs is 2. The molecule has 1 unspecified atom stereocenters. The van der Waals surface area contributed by atoms with Crippen molar-refractivity contribution in [1.82, 2.24) is 0 Å². The van der Waals surface area contributed by atoms with Gasteiger partial charge in [-0.05, 0) is 53.9 Å². The van der Waals surface area contributed by atoms with E-state index in [0.717, 1.165) is 25.0 Å². The SMILES string of the molecule is COC1=CC2C(=O)C[C@@]34CC[C@]5(OC)[C@H]6[C@H](O[C@@H]5C3)C(=C2[C@H]64)C=C1. The minimum atomic E-state index is -0.143. The van der Waals surface area contributed by atoms with Crippen LogP contribution in [-0.4, -0.2) is 37.8 Å². The molecule has 7 atom stereocenters. The van der Waals surface area contributed by atoms with Crippen LogP contribution < -0.4 is 0 Å². The van der Waals surface area contributed by atoms with Gasteiger partial charge >= 0.3 is 0 Å². The molecule has 0 aromatic rings. The summed E-state index contributed by atoms with van der Waals surface area (Å²) in [4.78, 5) is 13.1. The van der Waals surface area contributed by atoms with E-state index in [1.165, 1.54) is 11.1 Å². The van der Waals surface area contributed by atoms with E-state index in [1.807, 2.05) is 19.3 Å². The maximum Gasteiger partial charge on any atom is 0.144 e. The number of carbonyl (C=O) groups is 1. The predicted octanol–water partition coefficient (Wildman–Crippen LogP) is 2.55. The third-order valence-corrected chi connectivity index (χ3v) is 7.93. The molecule has 24 heavy (non-hydrogen) atoms. The summed E-state index contributed by atoms with van der Waals surface area (Å²) >= 11 is 0. The highest BCUT2D eigenvalue weighted by molar-refractivity contribution is 5.89. The number of carbonyl (C=O) groups excluding carboxylic acids is 1. The number of Topliss-reactive ketones (excluding diaryl/α,β-unsaturated/α-hetero) is 1. The smallest absolute Gasteiger partial charge is 0.144 e. The van der Waals surface area contributed by atoms with E-state index in [1.54, 1.807) is 7.11 Å². The van der Waals surface area contributed by atoms with Crippen LogP contribution in [0.3, 0.4) is 0 Å². The first-order valence-corrected chi connectivity index (χ1v) is 9.05. The van der Waals surface area contributed by atoms with Gasteiger partial charge in [0.05, 0.1) is 25.2 Å².